The first-order valence-corrected chi connectivity index (χ1v) is 22.4. The molecule has 1 saturated carbocycles. The minimum Gasteiger partial charge on any atom is -0.310 e. The quantitative estimate of drug-likeness (QED) is 0.141. The molecule has 0 unspecified atom stereocenters. The summed E-state index contributed by atoms with van der Waals surface area (Å²) in [4.78, 5) is 2.48. The molecule has 304 valence electrons. The molecule has 0 radical (unpaired) electrons. The summed E-state index contributed by atoms with van der Waals surface area (Å²) in [5.41, 5.74) is 23.7. The Labute approximate surface area is 371 Å². The molecule has 1 heterocycles. The van der Waals surface area contributed by atoms with Gasteiger partial charge in [0.25, 0.3) is 0 Å². The number of nitrogens with zero attached hydrogens (tertiary/aromatic N) is 2. The molecule has 0 saturated heterocycles. The third-order valence-corrected chi connectivity index (χ3v) is 13.5. The van der Waals surface area contributed by atoms with Crippen LogP contribution in [-0.2, 0) is 0 Å². The van der Waals surface area contributed by atoms with Crippen LogP contribution >= 0.6 is 0 Å². The third-order valence-electron chi connectivity index (χ3n) is 13.5. The van der Waals surface area contributed by atoms with Crippen LogP contribution in [0, 0.1) is 27.7 Å². The van der Waals surface area contributed by atoms with Crippen molar-refractivity contribution in [2.24, 2.45) is 0 Å². The van der Waals surface area contributed by atoms with Crippen LogP contribution in [0.2, 0.25) is 0 Å². The van der Waals surface area contributed by atoms with E-state index >= 15 is 0 Å². The van der Waals surface area contributed by atoms with Crippen molar-refractivity contribution in [1.29, 1.82) is 0 Å². The number of benzene rings is 9. The minimum atomic E-state index is 0.650. The highest BCUT2D eigenvalue weighted by molar-refractivity contribution is 6.15. The Hall–Kier alpha value is -7.42. The fourth-order valence-corrected chi connectivity index (χ4v) is 10.1. The van der Waals surface area contributed by atoms with E-state index in [1.54, 1.807) is 0 Å². The number of para-hydroxylation sites is 2. The lowest BCUT2D eigenvalue weighted by molar-refractivity contribution is 1.13. The van der Waals surface area contributed by atoms with Crippen LogP contribution in [0.5, 0.6) is 0 Å². The van der Waals surface area contributed by atoms with Gasteiger partial charge in [-0.2, -0.15) is 0 Å². The van der Waals surface area contributed by atoms with Crippen LogP contribution in [0.4, 0.5) is 17.1 Å². The molecule has 2 heteroatoms. The normalized spacial score (nSPS) is 12.6. The van der Waals surface area contributed by atoms with Crippen molar-refractivity contribution in [3.8, 4) is 50.2 Å². The van der Waals surface area contributed by atoms with Crippen LogP contribution in [0.25, 0.3) is 72.0 Å². The molecule has 63 heavy (non-hydrogen) atoms. The van der Waals surface area contributed by atoms with Gasteiger partial charge in [-0.15, -0.1) is 0 Å². The molecular formula is C61H50N2. The second kappa shape index (κ2) is 15.8. The van der Waals surface area contributed by atoms with Gasteiger partial charge < -0.3 is 9.47 Å². The van der Waals surface area contributed by atoms with E-state index in [9.17, 15) is 0 Å². The second-order valence-corrected chi connectivity index (χ2v) is 17.4. The lowest BCUT2D eigenvalue weighted by atomic mass is 9.89. The number of aromatic nitrogens is 1. The molecule has 0 spiro atoms. The van der Waals surface area contributed by atoms with Gasteiger partial charge in [-0.25, -0.2) is 0 Å². The molecule has 1 aliphatic rings. The SMILES string of the molecule is Cc1ccc(N(c2ccc(-c3cccc4c3c3ccccc3n4-c3ccccc3)cc2)c2cccc(-c3cccc(-c4ccccc4C)c3C)c2C)cc1-c1ccccc1C1CC1. The number of anilines is 3. The summed E-state index contributed by atoms with van der Waals surface area (Å²) in [7, 11) is 0. The Morgan fingerprint density at radius 3 is 1.76 bits per heavy atom. The van der Waals surface area contributed by atoms with Gasteiger partial charge in [0.2, 0.25) is 0 Å². The molecule has 9 aromatic carbocycles. The molecule has 0 amide bonds. The summed E-state index contributed by atoms with van der Waals surface area (Å²) in [5.74, 6) is 0.650. The number of aryl methyl sites for hydroxylation is 2. The van der Waals surface area contributed by atoms with Gasteiger partial charge >= 0.3 is 0 Å². The molecular weight excluding hydrogens is 761 g/mol. The van der Waals surface area contributed by atoms with E-state index < -0.39 is 0 Å². The standard InChI is InChI=1S/C61H50N2/c1-40-17-8-9-20-49(40)50-24-14-25-51(42(50)3)52-26-15-29-58(43(52)4)62(48-36-31-41(2)57(39-48)55-22-11-10-21-53(55)44-32-33-44)47-37-34-45(35-38-47)54-27-16-30-60-61(54)56-23-12-13-28-59(56)63(60)46-18-6-5-7-19-46/h5-31,34-39,44H,32-33H2,1-4H3. The highest BCUT2D eigenvalue weighted by Crippen LogP contribution is 2.48. The number of hydrogen-bond acceptors (Lipinski definition) is 1. The van der Waals surface area contributed by atoms with Crippen LogP contribution in [0.3, 0.4) is 0 Å². The highest BCUT2D eigenvalue weighted by Gasteiger charge is 2.27. The summed E-state index contributed by atoms with van der Waals surface area (Å²) in [6, 6.07) is 74.0. The maximum Gasteiger partial charge on any atom is 0.0547 e. The van der Waals surface area contributed by atoms with Crippen molar-refractivity contribution in [2.75, 3.05) is 4.90 Å². The number of hydrogen-bond donors (Lipinski definition) is 0. The summed E-state index contributed by atoms with van der Waals surface area (Å²) in [6.07, 6.45) is 2.54. The molecule has 0 N–H and O–H groups in total. The Kier molecular flexibility index (Phi) is 9.66. The molecule has 0 aliphatic heterocycles. The number of fused-ring (bicyclic) bond motifs is 3. The Morgan fingerprint density at radius 2 is 0.984 bits per heavy atom. The first-order valence-electron chi connectivity index (χ1n) is 22.4. The first-order chi connectivity index (χ1) is 30.9. The zero-order valence-corrected chi connectivity index (χ0v) is 36.4. The van der Waals surface area contributed by atoms with E-state index in [4.69, 9.17) is 0 Å². The fraction of sp³-hybridized carbons (Fsp3) is 0.115. The maximum absolute atomic E-state index is 2.48. The Bertz CT molecular complexity index is 3330. The lowest BCUT2D eigenvalue weighted by Crippen LogP contribution is -2.12. The fourth-order valence-electron chi connectivity index (χ4n) is 10.1. The summed E-state index contributed by atoms with van der Waals surface area (Å²) < 4.78 is 2.40. The average molecular weight is 811 g/mol. The third kappa shape index (κ3) is 6.74. The Morgan fingerprint density at radius 1 is 0.413 bits per heavy atom. The predicted octanol–water partition coefficient (Wildman–Crippen LogP) is 17.0. The molecule has 0 bridgehead atoms. The van der Waals surface area contributed by atoms with Crippen molar-refractivity contribution in [3.05, 3.63) is 228 Å². The van der Waals surface area contributed by atoms with E-state index in [1.165, 1.54) is 118 Å². The van der Waals surface area contributed by atoms with Crippen LogP contribution in [-0.4, -0.2) is 4.57 Å². The van der Waals surface area contributed by atoms with Gasteiger partial charge in [-0.3, -0.25) is 0 Å². The lowest BCUT2D eigenvalue weighted by Gasteiger charge is -2.29. The monoisotopic (exact) mass is 810 g/mol. The van der Waals surface area contributed by atoms with Crippen molar-refractivity contribution >= 4 is 38.9 Å². The van der Waals surface area contributed by atoms with Crippen molar-refractivity contribution in [2.45, 2.75) is 46.5 Å². The molecule has 11 rings (SSSR count). The van der Waals surface area contributed by atoms with Crippen LogP contribution in [0.1, 0.15) is 46.6 Å². The van der Waals surface area contributed by atoms with E-state index in [0.29, 0.717) is 5.92 Å². The van der Waals surface area contributed by atoms with Crippen LogP contribution < -0.4 is 4.90 Å². The molecule has 10 aromatic rings. The average Bonchev–Trinajstić information content (AvgIpc) is 4.12. The topological polar surface area (TPSA) is 8.17 Å². The Balaban J connectivity index is 1.08. The summed E-state index contributed by atoms with van der Waals surface area (Å²) in [5, 5.41) is 2.52. The molecule has 1 fully saturated rings. The van der Waals surface area contributed by atoms with E-state index in [-0.39, 0.29) is 0 Å². The molecule has 1 aliphatic carbocycles. The summed E-state index contributed by atoms with van der Waals surface area (Å²) in [6.45, 7) is 9.04. The van der Waals surface area contributed by atoms with Gasteiger partial charge in [-0.05, 0) is 173 Å². The van der Waals surface area contributed by atoms with E-state index in [0.717, 1.165) is 11.4 Å². The summed E-state index contributed by atoms with van der Waals surface area (Å²) >= 11 is 0. The smallest absolute Gasteiger partial charge is 0.0547 e. The van der Waals surface area contributed by atoms with Crippen molar-refractivity contribution in [3.63, 3.8) is 0 Å². The zero-order valence-electron chi connectivity index (χ0n) is 36.4. The van der Waals surface area contributed by atoms with Crippen molar-refractivity contribution in [1.82, 2.24) is 4.57 Å². The van der Waals surface area contributed by atoms with Gasteiger partial charge in [0.15, 0.2) is 0 Å². The second-order valence-electron chi connectivity index (χ2n) is 17.4. The first kappa shape index (κ1) is 38.5. The van der Waals surface area contributed by atoms with Gasteiger partial charge in [-0.1, -0.05) is 146 Å². The van der Waals surface area contributed by atoms with Crippen molar-refractivity contribution < 1.29 is 0 Å². The predicted molar refractivity (Wildman–Crippen MR) is 268 cm³/mol. The van der Waals surface area contributed by atoms with Gasteiger partial charge in [0, 0.05) is 33.5 Å². The molecule has 1 aromatic heterocycles. The van der Waals surface area contributed by atoms with Gasteiger partial charge in [0.1, 0.15) is 0 Å². The molecule has 0 atom stereocenters. The minimum absolute atomic E-state index is 0.650. The highest BCUT2D eigenvalue weighted by atomic mass is 15.1. The van der Waals surface area contributed by atoms with E-state index in [2.05, 4.69) is 237 Å². The molecule has 2 nitrogen and oxygen atoms in total. The van der Waals surface area contributed by atoms with Crippen LogP contribution in [0.15, 0.2) is 200 Å². The zero-order chi connectivity index (χ0) is 42.6. The maximum atomic E-state index is 2.48. The largest absolute Gasteiger partial charge is 0.310 e. The van der Waals surface area contributed by atoms with Gasteiger partial charge in [0.05, 0.1) is 11.0 Å². The number of rotatable bonds is 9. The van der Waals surface area contributed by atoms with E-state index in [1.807, 2.05) is 0 Å².